The smallest absolute Gasteiger partial charge is 0.313 e. The summed E-state index contributed by atoms with van der Waals surface area (Å²) >= 11 is 0. The predicted molar refractivity (Wildman–Crippen MR) is 93.8 cm³/mol. The Hall–Kier alpha value is -1.65. The van der Waals surface area contributed by atoms with E-state index in [1.807, 2.05) is 20.8 Å². The van der Waals surface area contributed by atoms with Gasteiger partial charge in [-0.05, 0) is 49.9 Å². The number of aliphatic carboxylic acids is 1. The molecule has 140 valence electrons. The molecular weight excluding hydrogens is 320 g/mol. The molecule has 5 atom stereocenters. The molecule has 0 heterocycles. The van der Waals surface area contributed by atoms with Gasteiger partial charge < -0.3 is 14.6 Å². The monoisotopic (exact) mass is 350 g/mol. The largest absolute Gasteiger partial charge is 0.481 e. The number of carbonyl (C=O) groups excluding carboxylic acids is 2. The highest BCUT2D eigenvalue weighted by atomic mass is 16.5. The van der Waals surface area contributed by atoms with Crippen molar-refractivity contribution in [1.82, 2.24) is 0 Å². The minimum Gasteiger partial charge on any atom is -0.481 e. The van der Waals surface area contributed by atoms with Crippen molar-refractivity contribution in [1.29, 1.82) is 0 Å². The van der Waals surface area contributed by atoms with Crippen LogP contribution in [-0.4, -0.2) is 30.4 Å². The van der Waals surface area contributed by atoms with Gasteiger partial charge in [0.15, 0.2) is 0 Å². The molecule has 5 nitrogen and oxygen atoms in total. The highest BCUT2D eigenvalue weighted by Crippen LogP contribution is 2.65. The minimum absolute atomic E-state index is 0.218. The Labute approximate surface area is 149 Å². The van der Waals surface area contributed by atoms with E-state index in [1.165, 1.54) is 7.11 Å². The summed E-state index contributed by atoms with van der Waals surface area (Å²) in [6, 6.07) is 0. The van der Waals surface area contributed by atoms with Crippen molar-refractivity contribution in [3.05, 3.63) is 12.2 Å². The van der Waals surface area contributed by atoms with Crippen LogP contribution in [0.25, 0.3) is 0 Å². The highest BCUT2D eigenvalue weighted by Gasteiger charge is 2.65. The number of hydrogen-bond acceptors (Lipinski definition) is 4. The number of carbonyl (C=O) groups is 3. The van der Waals surface area contributed by atoms with Crippen LogP contribution in [0.2, 0.25) is 0 Å². The van der Waals surface area contributed by atoms with E-state index in [0.29, 0.717) is 25.7 Å². The molecule has 2 saturated carbocycles. The molecule has 5 heteroatoms. The standard InChI is InChI=1S/C20H30O5/c1-12-7-8-14-19(4,15(12)16(22)25-6)10-9-13(18(2,3)11-21)20(14,5)17(23)24/h11,13-15H,1,7-10H2,2-6H3,(H,23,24)/t13-,14-,15-,19+,20-/m0/s1. The summed E-state index contributed by atoms with van der Waals surface area (Å²) in [6.45, 7) is 11.5. The van der Waals surface area contributed by atoms with Crippen LogP contribution in [0, 0.1) is 34.0 Å². The number of hydrogen-bond donors (Lipinski definition) is 1. The first-order valence-corrected chi connectivity index (χ1v) is 8.92. The SMILES string of the molecule is C=C1CC[C@H]2[C@@](C)(CC[C@@H](C(C)(C)C=O)[C@]2(C)C(=O)O)[C@@H]1C(=O)OC. The summed E-state index contributed by atoms with van der Waals surface area (Å²) < 4.78 is 5.01. The van der Waals surface area contributed by atoms with E-state index in [2.05, 4.69) is 6.58 Å². The molecule has 0 unspecified atom stereocenters. The van der Waals surface area contributed by atoms with E-state index >= 15 is 0 Å². The third-order valence-corrected chi connectivity index (χ3v) is 7.14. The van der Waals surface area contributed by atoms with Crippen LogP contribution in [0.4, 0.5) is 0 Å². The zero-order valence-electron chi connectivity index (χ0n) is 15.9. The Bertz CT molecular complexity index is 599. The molecule has 2 aliphatic carbocycles. The van der Waals surface area contributed by atoms with Crippen molar-refractivity contribution >= 4 is 18.2 Å². The van der Waals surface area contributed by atoms with Crippen LogP contribution in [0.5, 0.6) is 0 Å². The first-order valence-electron chi connectivity index (χ1n) is 8.92. The maximum Gasteiger partial charge on any atom is 0.313 e. The molecule has 0 bridgehead atoms. The van der Waals surface area contributed by atoms with Gasteiger partial charge in [-0.2, -0.15) is 0 Å². The number of esters is 1. The normalized spacial score (nSPS) is 38.6. The van der Waals surface area contributed by atoms with E-state index in [1.54, 1.807) is 6.92 Å². The molecule has 1 N–H and O–H groups in total. The van der Waals surface area contributed by atoms with Gasteiger partial charge in [0.05, 0.1) is 18.4 Å². The Kier molecular flexibility index (Phi) is 4.92. The van der Waals surface area contributed by atoms with Crippen LogP contribution < -0.4 is 0 Å². The molecule has 2 rings (SSSR count). The molecule has 0 aliphatic heterocycles. The lowest BCUT2D eigenvalue weighted by Crippen LogP contribution is -2.61. The van der Waals surface area contributed by atoms with Gasteiger partial charge >= 0.3 is 11.9 Å². The summed E-state index contributed by atoms with van der Waals surface area (Å²) in [5, 5.41) is 10.2. The third-order valence-electron chi connectivity index (χ3n) is 7.14. The van der Waals surface area contributed by atoms with Crippen molar-refractivity contribution in [2.75, 3.05) is 7.11 Å². The lowest BCUT2D eigenvalue weighted by Gasteiger charge is -2.60. The third kappa shape index (κ3) is 2.72. The van der Waals surface area contributed by atoms with Crippen LogP contribution in [0.3, 0.4) is 0 Å². The Morgan fingerprint density at radius 2 is 1.92 bits per heavy atom. The van der Waals surface area contributed by atoms with E-state index < -0.39 is 28.1 Å². The number of aldehydes is 1. The second-order valence-corrected chi connectivity index (χ2v) is 8.83. The van der Waals surface area contributed by atoms with E-state index in [-0.39, 0.29) is 17.8 Å². The Morgan fingerprint density at radius 1 is 1.32 bits per heavy atom. The number of carboxylic acid groups (broad SMARTS) is 1. The van der Waals surface area contributed by atoms with Crippen molar-refractivity contribution in [2.24, 2.45) is 34.0 Å². The van der Waals surface area contributed by atoms with E-state index in [4.69, 9.17) is 4.74 Å². The van der Waals surface area contributed by atoms with Crippen molar-refractivity contribution in [3.63, 3.8) is 0 Å². The van der Waals surface area contributed by atoms with E-state index in [0.717, 1.165) is 11.9 Å². The van der Waals surface area contributed by atoms with Gasteiger partial charge in [0.25, 0.3) is 0 Å². The molecule has 0 radical (unpaired) electrons. The summed E-state index contributed by atoms with van der Waals surface area (Å²) in [7, 11) is 1.36. The zero-order chi connectivity index (χ0) is 19.2. The summed E-state index contributed by atoms with van der Waals surface area (Å²) in [6.07, 6.45) is 3.42. The lowest BCUT2D eigenvalue weighted by molar-refractivity contribution is -0.187. The number of rotatable bonds is 4. The molecule has 2 fully saturated rings. The second-order valence-electron chi connectivity index (χ2n) is 8.83. The minimum atomic E-state index is -1.08. The topological polar surface area (TPSA) is 80.7 Å². The highest BCUT2D eigenvalue weighted by molar-refractivity contribution is 5.80. The molecule has 0 aromatic carbocycles. The summed E-state index contributed by atoms with van der Waals surface area (Å²) in [5.41, 5.74) is -1.51. The molecule has 0 saturated heterocycles. The molecule has 0 amide bonds. The molecule has 2 aliphatic rings. The summed E-state index contributed by atoms with van der Waals surface area (Å²) in [5.74, 6) is -2.21. The number of fused-ring (bicyclic) bond motifs is 1. The van der Waals surface area contributed by atoms with Gasteiger partial charge in [0.2, 0.25) is 0 Å². The second kappa shape index (κ2) is 6.26. The molecular formula is C20H30O5. The average Bonchev–Trinajstić information content (AvgIpc) is 2.53. The number of ether oxygens (including phenoxy) is 1. The van der Waals surface area contributed by atoms with Gasteiger partial charge in [-0.3, -0.25) is 9.59 Å². The molecule has 0 aromatic heterocycles. The van der Waals surface area contributed by atoms with Crippen LogP contribution in [-0.2, 0) is 19.1 Å². The Balaban J connectivity index is 2.59. The fraction of sp³-hybridized carbons (Fsp3) is 0.750. The van der Waals surface area contributed by atoms with Crippen LogP contribution >= 0.6 is 0 Å². The maximum atomic E-state index is 12.5. The number of carboxylic acids is 1. The first kappa shape index (κ1) is 19.7. The first-order chi connectivity index (χ1) is 11.5. The lowest BCUT2D eigenvalue weighted by atomic mass is 9.42. The zero-order valence-corrected chi connectivity index (χ0v) is 15.9. The maximum absolute atomic E-state index is 12.5. The quantitative estimate of drug-likeness (QED) is 0.477. The van der Waals surface area contributed by atoms with Crippen LogP contribution in [0.1, 0.15) is 53.4 Å². The van der Waals surface area contributed by atoms with Crippen molar-refractivity contribution < 1.29 is 24.2 Å². The molecule has 0 aromatic rings. The van der Waals surface area contributed by atoms with Crippen molar-refractivity contribution in [2.45, 2.75) is 53.4 Å². The Morgan fingerprint density at radius 3 is 2.40 bits per heavy atom. The summed E-state index contributed by atoms with van der Waals surface area (Å²) in [4.78, 5) is 36.6. The van der Waals surface area contributed by atoms with Gasteiger partial charge in [-0.1, -0.05) is 32.9 Å². The molecule has 25 heavy (non-hydrogen) atoms. The fourth-order valence-corrected chi connectivity index (χ4v) is 5.85. The number of methoxy groups -OCH3 is 1. The van der Waals surface area contributed by atoms with Gasteiger partial charge in [-0.15, -0.1) is 0 Å². The van der Waals surface area contributed by atoms with Crippen LogP contribution in [0.15, 0.2) is 12.2 Å². The van der Waals surface area contributed by atoms with E-state index in [9.17, 15) is 19.5 Å². The average molecular weight is 350 g/mol. The fourth-order valence-electron chi connectivity index (χ4n) is 5.85. The predicted octanol–water partition coefficient (Wildman–Crippen LogP) is 3.47. The van der Waals surface area contributed by atoms with Gasteiger partial charge in [0.1, 0.15) is 6.29 Å². The molecule has 0 spiro atoms. The van der Waals surface area contributed by atoms with Gasteiger partial charge in [0, 0.05) is 5.41 Å². The van der Waals surface area contributed by atoms with Crippen molar-refractivity contribution in [3.8, 4) is 0 Å². The van der Waals surface area contributed by atoms with Gasteiger partial charge in [-0.25, -0.2) is 0 Å².